The van der Waals surface area contributed by atoms with Gasteiger partial charge in [0.2, 0.25) is 5.04 Å². The Hall–Kier alpha value is -0.0200. The molecule has 0 bridgehead atoms. The number of oxime groups is 1. The van der Waals surface area contributed by atoms with Gasteiger partial charge < -0.3 is 4.90 Å². The molecular formula is C11H16Cl3N3O3S2. The van der Waals surface area contributed by atoms with Crippen LogP contribution in [-0.2, 0) is 9.63 Å². The van der Waals surface area contributed by atoms with Crippen molar-refractivity contribution in [1.82, 2.24) is 9.21 Å². The van der Waals surface area contributed by atoms with Crippen LogP contribution in [0.15, 0.2) is 5.16 Å². The van der Waals surface area contributed by atoms with Gasteiger partial charge in [-0.15, -0.1) is 0 Å². The molecule has 1 heterocycles. The van der Waals surface area contributed by atoms with Crippen LogP contribution in [0, 0.1) is 0 Å². The summed E-state index contributed by atoms with van der Waals surface area (Å²) >= 11 is 18.6. The summed E-state index contributed by atoms with van der Waals surface area (Å²) in [6.45, 7) is 6.38. The van der Waals surface area contributed by atoms with Crippen LogP contribution < -0.4 is 0 Å². The van der Waals surface area contributed by atoms with E-state index in [0.29, 0.717) is 18.5 Å². The molecule has 1 aliphatic rings. The first kappa shape index (κ1) is 20.0. The van der Waals surface area contributed by atoms with Crippen LogP contribution in [0.1, 0.15) is 20.8 Å². The first-order chi connectivity index (χ1) is 10.1. The Morgan fingerprint density at radius 3 is 2.59 bits per heavy atom. The molecule has 22 heavy (non-hydrogen) atoms. The number of halogens is 3. The number of rotatable bonds is 3. The van der Waals surface area contributed by atoms with Gasteiger partial charge in [0.15, 0.2) is 0 Å². The fourth-order valence-corrected chi connectivity index (χ4v) is 4.05. The minimum Gasteiger partial charge on any atom is -0.333 e. The van der Waals surface area contributed by atoms with Crippen molar-refractivity contribution in [2.75, 3.05) is 13.6 Å². The molecule has 0 N–H and O–H groups in total. The van der Waals surface area contributed by atoms with Crippen molar-refractivity contribution in [3.63, 3.8) is 0 Å². The van der Waals surface area contributed by atoms with Gasteiger partial charge in [0.25, 0.3) is 9.03 Å². The topological polar surface area (TPSA) is 62.2 Å². The van der Waals surface area contributed by atoms with E-state index in [1.807, 2.05) is 20.8 Å². The zero-order chi connectivity index (χ0) is 17.1. The van der Waals surface area contributed by atoms with Gasteiger partial charge in [0, 0.05) is 36.8 Å². The molecule has 1 fully saturated rings. The van der Waals surface area contributed by atoms with Crippen molar-refractivity contribution in [3.05, 3.63) is 0 Å². The van der Waals surface area contributed by atoms with Crippen molar-refractivity contribution in [2.24, 2.45) is 5.16 Å². The largest absolute Gasteiger partial charge is 0.445 e. The maximum atomic E-state index is 12.2. The summed E-state index contributed by atoms with van der Waals surface area (Å²) < 4.78 is -0.710. The highest BCUT2D eigenvalue weighted by Gasteiger charge is 2.35. The van der Waals surface area contributed by atoms with E-state index in [2.05, 4.69) is 5.16 Å². The minimum absolute atomic E-state index is 0.0831. The average molecular weight is 409 g/mol. The maximum Gasteiger partial charge on any atom is 0.445 e. The zero-order valence-corrected chi connectivity index (χ0v) is 16.3. The van der Waals surface area contributed by atoms with Gasteiger partial charge in [0.05, 0.1) is 0 Å². The Morgan fingerprint density at radius 2 is 2.09 bits per heavy atom. The quantitative estimate of drug-likeness (QED) is 0.308. The van der Waals surface area contributed by atoms with Crippen molar-refractivity contribution < 1.29 is 14.4 Å². The molecule has 1 rings (SSSR count). The molecule has 0 saturated carbocycles. The van der Waals surface area contributed by atoms with Gasteiger partial charge >= 0.3 is 6.09 Å². The lowest BCUT2D eigenvalue weighted by Gasteiger charge is -2.36. The standard InChI is InChI=1S/C11H16Cl3N3O3S2/c1-5-17-6(2)7(3)21-8(9(17)18)15-20-10(19)16(4)22-11(12,13)14/h6-7H,5H2,1-4H3. The predicted molar refractivity (Wildman–Crippen MR) is 93.5 cm³/mol. The number of amides is 2. The lowest BCUT2D eigenvalue weighted by Crippen LogP contribution is -2.50. The molecule has 0 spiro atoms. The van der Waals surface area contributed by atoms with E-state index in [-0.39, 0.29) is 22.2 Å². The normalized spacial score (nSPS) is 24.6. The van der Waals surface area contributed by atoms with E-state index in [9.17, 15) is 9.59 Å². The summed E-state index contributed by atoms with van der Waals surface area (Å²) in [7, 11) is 1.37. The highest BCUT2D eigenvalue weighted by atomic mass is 35.6. The summed E-state index contributed by atoms with van der Waals surface area (Å²) in [5.41, 5.74) is 0. The summed E-state index contributed by atoms with van der Waals surface area (Å²) in [6, 6.07) is 0.0831. The molecule has 0 radical (unpaired) electrons. The zero-order valence-electron chi connectivity index (χ0n) is 12.4. The molecule has 6 nitrogen and oxygen atoms in total. The number of carbonyl (C=O) groups is 2. The summed E-state index contributed by atoms with van der Waals surface area (Å²) in [6.07, 6.45) is -0.841. The average Bonchev–Trinajstić information content (AvgIpc) is 2.39. The number of thioether (sulfide) groups is 1. The van der Waals surface area contributed by atoms with Crippen LogP contribution >= 0.6 is 58.5 Å². The third-order valence-electron chi connectivity index (χ3n) is 2.96. The smallest absolute Gasteiger partial charge is 0.333 e. The molecule has 11 heteroatoms. The SMILES string of the molecule is CCN1C(=O)C(=NOC(=O)N(C)SC(Cl)(Cl)Cl)SC(C)C1C. The van der Waals surface area contributed by atoms with E-state index in [1.165, 1.54) is 18.8 Å². The number of hydrogen-bond donors (Lipinski definition) is 0. The molecule has 2 amide bonds. The minimum atomic E-state index is -1.70. The summed E-state index contributed by atoms with van der Waals surface area (Å²) in [5, 5.41) is 3.93. The van der Waals surface area contributed by atoms with Gasteiger partial charge in [-0.3, -0.25) is 9.63 Å². The van der Waals surface area contributed by atoms with Crippen LogP contribution in [-0.4, -0.2) is 54.3 Å². The highest BCUT2D eigenvalue weighted by molar-refractivity contribution is 8.16. The van der Waals surface area contributed by atoms with Crippen molar-refractivity contribution in [1.29, 1.82) is 0 Å². The number of nitrogens with zero attached hydrogens (tertiary/aromatic N) is 3. The molecule has 0 aliphatic carbocycles. The van der Waals surface area contributed by atoms with Gasteiger partial charge in [-0.25, -0.2) is 9.10 Å². The maximum absolute atomic E-state index is 12.2. The molecule has 1 aliphatic heterocycles. The molecule has 1 saturated heterocycles. The predicted octanol–water partition coefficient (Wildman–Crippen LogP) is 3.72. The van der Waals surface area contributed by atoms with E-state index >= 15 is 0 Å². The molecule has 2 atom stereocenters. The molecule has 126 valence electrons. The Labute approximate surface area is 152 Å². The van der Waals surface area contributed by atoms with Crippen LogP contribution in [0.3, 0.4) is 0 Å². The summed E-state index contributed by atoms with van der Waals surface area (Å²) in [4.78, 5) is 30.4. The van der Waals surface area contributed by atoms with E-state index in [4.69, 9.17) is 39.6 Å². The Kier molecular flexibility index (Phi) is 7.45. The van der Waals surface area contributed by atoms with Gasteiger partial charge in [-0.05, 0) is 13.8 Å². The second kappa shape index (κ2) is 8.19. The highest BCUT2D eigenvalue weighted by Crippen LogP contribution is 2.40. The first-order valence-electron chi connectivity index (χ1n) is 6.33. The van der Waals surface area contributed by atoms with Crippen LogP contribution in [0.25, 0.3) is 0 Å². The molecule has 0 aromatic rings. The van der Waals surface area contributed by atoms with Crippen molar-refractivity contribution >= 4 is 75.6 Å². The molecule has 0 aromatic heterocycles. The van der Waals surface area contributed by atoms with Crippen molar-refractivity contribution in [2.45, 2.75) is 35.2 Å². The molecule has 2 unspecified atom stereocenters. The third-order valence-corrected chi connectivity index (χ3v) is 5.45. The van der Waals surface area contributed by atoms with Crippen LogP contribution in [0.2, 0.25) is 0 Å². The van der Waals surface area contributed by atoms with E-state index < -0.39 is 9.22 Å². The molecular weight excluding hydrogens is 393 g/mol. The Morgan fingerprint density at radius 1 is 1.50 bits per heavy atom. The second-order valence-corrected chi connectivity index (χ2v) is 10.1. The lowest BCUT2D eigenvalue weighted by atomic mass is 10.2. The van der Waals surface area contributed by atoms with Gasteiger partial charge in [0.1, 0.15) is 0 Å². The fourth-order valence-electron chi connectivity index (χ4n) is 1.71. The number of hydrogen-bond acceptors (Lipinski definition) is 6. The second-order valence-electron chi connectivity index (χ2n) is 4.44. The van der Waals surface area contributed by atoms with E-state index in [0.717, 1.165) is 4.31 Å². The monoisotopic (exact) mass is 407 g/mol. The van der Waals surface area contributed by atoms with Crippen LogP contribution in [0.5, 0.6) is 0 Å². The van der Waals surface area contributed by atoms with Gasteiger partial charge in [-0.2, -0.15) is 0 Å². The number of carbonyl (C=O) groups excluding carboxylic acids is 2. The Balaban J connectivity index is 2.73. The molecule has 0 aromatic carbocycles. The van der Waals surface area contributed by atoms with Crippen molar-refractivity contribution in [3.8, 4) is 0 Å². The fraction of sp³-hybridized carbons (Fsp3) is 0.727. The lowest BCUT2D eigenvalue weighted by molar-refractivity contribution is -0.125. The Bertz CT molecular complexity index is 473. The van der Waals surface area contributed by atoms with E-state index in [1.54, 1.807) is 4.90 Å². The third kappa shape index (κ3) is 5.56. The summed E-state index contributed by atoms with van der Waals surface area (Å²) in [5.74, 6) is -0.261. The first-order valence-corrected chi connectivity index (χ1v) is 9.11. The van der Waals surface area contributed by atoms with Crippen LogP contribution in [0.4, 0.5) is 4.79 Å². The number of alkyl halides is 3. The van der Waals surface area contributed by atoms with Gasteiger partial charge in [-0.1, -0.05) is 58.6 Å².